The van der Waals surface area contributed by atoms with E-state index in [0.717, 1.165) is 27.7 Å². The molecule has 2 aromatic rings. The maximum Gasteiger partial charge on any atom is 0.227 e. The number of carbonyl (C=O) groups excluding carboxylic acids is 1. The molecule has 0 aromatic carbocycles. The highest BCUT2D eigenvalue weighted by molar-refractivity contribution is 7.09. The van der Waals surface area contributed by atoms with Gasteiger partial charge >= 0.3 is 0 Å². The quantitative estimate of drug-likeness (QED) is 0.861. The Balaban J connectivity index is 1.88. The number of amides is 1. The molecule has 2 aromatic heterocycles. The van der Waals surface area contributed by atoms with Gasteiger partial charge in [0.2, 0.25) is 5.91 Å². The van der Waals surface area contributed by atoms with Crippen LogP contribution >= 0.6 is 22.9 Å². The lowest BCUT2D eigenvalue weighted by molar-refractivity contribution is -0.120. The zero-order chi connectivity index (χ0) is 13.8. The van der Waals surface area contributed by atoms with Crippen molar-refractivity contribution in [2.75, 3.05) is 0 Å². The standard InChI is InChI=1S/C12H14ClN3O2S/c1-7-10(8(2)18-16-7)5-14-11(17)3-12-15-9(4-13)6-19-12/h6H,3-5H2,1-2H3,(H,14,17). The molecule has 102 valence electrons. The maximum atomic E-state index is 11.8. The van der Waals surface area contributed by atoms with E-state index in [1.54, 1.807) is 0 Å². The molecule has 0 unspecified atom stereocenters. The molecule has 0 aliphatic rings. The largest absolute Gasteiger partial charge is 0.361 e. The van der Waals surface area contributed by atoms with E-state index in [1.165, 1.54) is 11.3 Å². The molecule has 0 spiro atoms. The van der Waals surface area contributed by atoms with Gasteiger partial charge in [0.15, 0.2) is 0 Å². The van der Waals surface area contributed by atoms with Crippen molar-refractivity contribution in [1.82, 2.24) is 15.5 Å². The minimum Gasteiger partial charge on any atom is -0.361 e. The van der Waals surface area contributed by atoms with Gasteiger partial charge in [-0.2, -0.15) is 0 Å². The number of rotatable bonds is 5. The molecule has 2 rings (SSSR count). The molecule has 0 atom stereocenters. The summed E-state index contributed by atoms with van der Waals surface area (Å²) in [4.78, 5) is 16.0. The zero-order valence-electron chi connectivity index (χ0n) is 10.7. The lowest BCUT2D eigenvalue weighted by atomic mass is 10.2. The molecule has 0 saturated heterocycles. The highest BCUT2D eigenvalue weighted by Gasteiger charge is 2.12. The average molecular weight is 300 g/mol. The minimum absolute atomic E-state index is 0.0736. The smallest absolute Gasteiger partial charge is 0.227 e. The fraction of sp³-hybridized carbons (Fsp3) is 0.417. The molecule has 2 heterocycles. The van der Waals surface area contributed by atoms with Crippen LogP contribution in [-0.4, -0.2) is 16.0 Å². The predicted molar refractivity (Wildman–Crippen MR) is 73.2 cm³/mol. The normalized spacial score (nSPS) is 10.7. The molecule has 0 bridgehead atoms. The van der Waals surface area contributed by atoms with Crippen LogP contribution in [0.1, 0.15) is 27.7 Å². The fourth-order valence-corrected chi connectivity index (χ4v) is 2.65. The number of aromatic nitrogens is 2. The van der Waals surface area contributed by atoms with Gasteiger partial charge in [0.1, 0.15) is 10.8 Å². The molecule has 0 aliphatic heterocycles. The maximum absolute atomic E-state index is 11.8. The number of hydrogen-bond donors (Lipinski definition) is 1. The summed E-state index contributed by atoms with van der Waals surface area (Å²) < 4.78 is 5.04. The molecule has 19 heavy (non-hydrogen) atoms. The van der Waals surface area contributed by atoms with E-state index in [1.807, 2.05) is 19.2 Å². The second kappa shape index (κ2) is 6.16. The van der Waals surface area contributed by atoms with Gasteiger partial charge in [-0.1, -0.05) is 5.16 Å². The van der Waals surface area contributed by atoms with Gasteiger partial charge in [0, 0.05) is 17.5 Å². The van der Waals surface area contributed by atoms with Crippen molar-refractivity contribution in [3.63, 3.8) is 0 Å². The fourth-order valence-electron chi connectivity index (χ4n) is 1.63. The van der Waals surface area contributed by atoms with E-state index in [0.29, 0.717) is 12.4 Å². The molecule has 0 aliphatic carbocycles. The van der Waals surface area contributed by atoms with E-state index < -0.39 is 0 Å². The summed E-state index contributed by atoms with van der Waals surface area (Å²) in [7, 11) is 0. The van der Waals surface area contributed by atoms with Crippen LogP contribution in [0.5, 0.6) is 0 Å². The molecule has 0 saturated carbocycles. The second-order valence-electron chi connectivity index (χ2n) is 4.12. The highest BCUT2D eigenvalue weighted by Crippen LogP contribution is 2.13. The summed E-state index contributed by atoms with van der Waals surface area (Å²) in [6.07, 6.45) is 0.269. The van der Waals surface area contributed by atoms with Gasteiger partial charge in [-0.25, -0.2) is 4.98 Å². The van der Waals surface area contributed by atoms with Crippen LogP contribution in [-0.2, 0) is 23.6 Å². The van der Waals surface area contributed by atoms with Gasteiger partial charge < -0.3 is 9.84 Å². The van der Waals surface area contributed by atoms with E-state index in [2.05, 4.69) is 15.5 Å². The number of nitrogens with zero attached hydrogens (tertiary/aromatic N) is 2. The van der Waals surface area contributed by atoms with Crippen LogP contribution in [0.4, 0.5) is 0 Å². The summed E-state index contributed by atoms with van der Waals surface area (Å²) in [5, 5.41) is 9.31. The van der Waals surface area contributed by atoms with E-state index in [9.17, 15) is 4.79 Å². The Bertz CT molecular complexity index is 560. The molecular weight excluding hydrogens is 286 g/mol. The Morgan fingerprint density at radius 3 is 2.89 bits per heavy atom. The van der Waals surface area contributed by atoms with Crippen molar-refractivity contribution in [1.29, 1.82) is 0 Å². The minimum atomic E-state index is -0.0736. The first kappa shape index (κ1) is 14.0. The molecule has 1 amide bonds. The van der Waals surface area contributed by atoms with Crippen molar-refractivity contribution in [3.05, 3.63) is 33.1 Å². The first-order chi connectivity index (χ1) is 9.10. The number of hydrogen-bond acceptors (Lipinski definition) is 5. The van der Waals surface area contributed by atoms with Crippen molar-refractivity contribution in [3.8, 4) is 0 Å². The Morgan fingerprint density at radius 1 is 1.53 bits per heavy atom. The highest BCUT2D eigenvalue weighted by atomic mass is 35.5. The predicted octanol–water partition coefficient (Wildman–Crippen LogP) is 2.35. The second-order valence-corrected chi connectivity index (χ2v) is 5.33. The SMILES string of the molecule is Cc1noc(C)c1CNC(=O)Cc1nc(CCl)cs1. The van der Waals surface area contributed by atoms with Gasteiger partial charge in [0.05, 0.1) is 23.7 Å². The van der Waals surface area contributed by atoms with Crippen LogP contribution in [0.3, 0.4) is 0 Å². The van der Waals surface area contributed by atoms with Crippen LogP contribution < -0.4 is 5.32 Å². The Morgan fingerprint density at radius 2 is 2.32 bits per heavy atom. The van der Waals surface area contributed by atoms with E-state index in [4.69, 9.17) is 16.1 Å². The molecule has 5 nitrogen and oxygen atoms in total. The molecule has 0 fully saturated rings. The Hall–Kier alpha value is -1.40. The van der Waals surface area contributed by atoms with Gasteiger partial charge in [-0.3, -0.25) is 4.79 Å². The Labute approximate surface area is 120 Å². The van der Waals surface area contributed by atoms with Crippen molar-refractivity contribution < 1.29 is 9.32 Å². The number of halogens is 1. The van der Waals surface area contributed by atoms with Crippen molar-refractivity contribution >= 4 is 28.8 Å². The van der Waals surface area contributed by atoms with Crippen molar-refractivity contribution in [2.45, 2.75) is 32.7 Å². The summed E-state index contributed by atoms with van der Waals surface area (Å²) in [6, 6.07) is 0. The van der Waals surface area contributed by atoms with Gasteiger partial charge in [-0.15, -0.1) is 22.9 Å². The molecule has 1 N–H and O–H groups in total. The lowest BCUT2D eigenvalue weighted by Gasteiger charge is -2.03. The summed E-state index contributed by atoms with van der Waals surface area (Å²) in [6.45, 7) is 4.11. The van der Waals surface area contributed by atoms with E-state index >= 15 is 0 Å². The first-order valence-corrected chi connectivity index (χ1v) is 7.19. The zero-order valence-corrected chi connectivity index (χ0v) is 12.3. The Kier molecular flexibility index (Phi) is 4.55. The molecular formula is C12H14ClN3O2S. The number of thiazole rings is 1. The van der Waals surface area contributed by atoms with Crippen LogP contribution in [0, 0.1) is 13.8 Å². The molecule has 7 heteroatoms. The number of aryl methyl sites for hydroxylation is 2. The lowest BCUT2D eigenvalue weighted by Crippen LogP contribution is -2.25. The number of nitrogens with one attached hydrogen (secondary N) is 1. The number of alkyl halides is 1. The summed E-state index contributed by atoms with van der Waals surface area (Å²) >= 11 is 7.11. The third kappa shape index (κ3) is 3.54. The van der Waals surface area contributed by atoms with E-state index in [-0.39, 0.29) is 12.3 Å². The number of carbonyl (C=O) groups is 1. The average Bonchev–Trinajstić information content (AvgIpc) is 2.95. The third-order valence-corrected chi connectivity index (χ3v) is 3.86. The summed E-state index contributed by atoms with van der Waals surface area (Å²) in [5.74, 6) is 1.03. The van der Waals surface area contributed by atoms with Crippen LogP contribution in [0.25, 0.3) is 0 Å². The van der Waals surface area contributed by atoms with Crippen molar-refractivity contribution in [2.24, 2.45) is 0 Å². The van der Waals surface area contributed by atoms with Gasteiger partial charge in [0.25, 0.3) is 0 Å². The topological polar surface area (TPSA) is 68.0 Å². The third-order valence-electron chi connectivity index (χ3n) is 2.69. The molecule has 0 radical (unpaired) electrons. The summed E-state index contributed by atoms with van der Waals surface area (Å²) in [5.41, 5.74) is 2.53. The first-order valence-electron chi connectivity index (χ1n) is 5.78. The monoisotopic (exact) mass is 299 g/mol. The van der Waals surface area contributed by atoms with Gasteiger partial charge in [-0.05, 0) is 13.8 Å². The van der Waals surface area contributed by atoms with Crippen LogP contribution in [0.15, 0.2) is 9.90 Å². The van der Waals surface area contributed by atoms with Crippen LogP contribution in [0.2, 0.25) is 0 Å².